The van der Waals surface area contributed by atoms with E-state index in [1.807, 2.05) is 18.3 Å². The maximum absolute atomic E-state index is 14.1. The van der Waals surface area contributed by atoms with Crippen LogP contribution in [0.1, 0.15) is 36.6 Å². The van der Waals surface area contributed by atoms with Gasteiger partial charge in [-0.25, -0.2) is 9.37 Å². The minimum absolute atomic E-state index is 0.213. The minimum Gasteiger partial charge on any atom is -0.482 e. The number of hydrazone groups is 1. The second kappa shape index (κ2) is 8.22. The maximum Gasteiger partial charge on any atom is 0.166 e. The first-order chi connectivity index (χ1) is 14.9. The highest BCUT2D eigenvalue weighted by Gasteiger charge is 2.24. The van der Waals surface area contributed by atoms with E-state index in [1.54, 1.807) is 26.2 Å². The Bertz CT molecular complexity index is 1180. The van der Waals surface area contributed by atoms with E-state index < -0.39 is 11.9 Å². The highest BCUT2D eigenvalue weighted by Crippen LogP contribution is 2.35. The van der Waals surface area contributed by atoms with Gasteiger partial charge in [-0.3, -0.25) is 5.41 Å². The molecule has 0 spiro atoms. The number of nitrogens with one attached hydrogen (secondary N) is 2. The van der Waals surface area contributed by atoms with Gasteiger partial charge in [0, 0.05) is 49.1 Å². The van der Waals surface area contributed by atoms with Crippen LogP contribution in [0.3, 0.4) is 0 Å². The molecule has 31 heavy (non-hydrogen) atoms. The molecule has 160 valence electrons. The molecular formula is C23H25FN6O. The summed E-state index contributed by atoms with van der Waals surface area (Å²) in [7, 11) is 1.70. The maximum atomic E-state index is 14.1. The normalized spacial score (nSPS) is 17.2. The number of aryl methyl sites for hydroxylation is 1. The van der Waals surface area contributed by atoms with Gasteiger partial charge in [0.1, 0.15) is 11.9 Å². The summed E-state index contributed by atoms with van der Waals surface area (Å²) in [4.78, 5) is 4.34. The summed E-state index contributed by atoms with van der Waals surface area (Å²) in [6.45, 7) is 4.64. The van der Waals surface area contributed by atoms with Crippen LogP contribution in [0.15, 0.2) is 47.8 Å². The molecule has 0 saturated carbocycles. The van der Waals surface area contributed by atoms with Crippen LogP contribution in [0.25, 0.3) is 11.3 Å². The topological polar surface area (TPSA) is 101 Å². The number of aromatic nitrogens is 2. The zero-order valence-corrected chi connectivity index (χ0v) is 17.7. The molecule has 0 radical (unpaired) electrons. The molecule has 0 saturated heterocycles. The van der Waals surface area contributed by atoms with Crippen LogP contribution in [0, 0.1) is 11.2 Å². The van der Waals surface area contributed by atoms with Crippen molar-refractivity contribution in [3.8, 4) is 17.0 Å². The number of fused-ring (bicyclic) bond motifs is 5. The zero-order chi connectivity index (χ0) is 22.1. The van der Waals surface area contributed by atoms with Crippen LogP contribution in [0.5, 0.6) is 5.75 Å². The average molecular weight is 420 g/mol. The van der Waals surface area contributed by atoms with Gasteiger partial charge in [-0.05, 0) is 49.7 Å². The quantitative estimate of drug-likeness (QED) is 0.547. The van der Waals surface area contributed by atoms with Gasteiger partial charge in [0.25, 0.3) is 0 Å². The molecule has 3 heterocycles. The van der Waals surface area contributed by atoms with Crippen molar-refractivity contribution in [2.75, 3.05) is 12.8 Å². The molecule has 1 aromatic carbocycles. The second-order valence-corrected chi connectivity index (χ2v) is 7.41. The Kier molecular flexibility index (Phi) is 5.46. The van der Waals surface area contributed by atoms with Crippen LogP contribution in [-0.4, -0.2) is 28.0 Å². The van der Waals surface area contributed by atoms with Crippen molar-refractivity contribution >= 4 is 17.2 Å². The first-order valence-corrected chi connectivity index (χ1v) is 10.2. The third kappa shape index (κ3) is 3.76. The lowest BCUT2D eigenvalue weighted by molar-refractivity contribution is 0.227. The summed E-state index contributed by atoms with van der Waals surface area (Å²) >= 11 is 0. The fourth-order valence-corrected chi connectivity index (χ4v) is 3.96. The Hall–Kier alpha value is -3.68. The van der Waals surface area contributed by atoms with Gasteiger partial charge in [0.15, 0.2) is 11.6 Å². The fraction of sp³-hybridized carbons (Fsp3) is 0.261. The van der Waals surface area contributed by atoms with Gasteiger partial charge in [-0.15, -0.1) is 0 Å². The molecule has 8 heteroatoms. The number of nitrogens with two attached hydrogens (primary N) is 1. The Morgan fingerprint density at radius 1 is 1.35 bits per heavy atom. The summed E-state index contributed by atoms with van der Waals surface area (Å²) < 4.78 is 22.4. The van der Waals surface area contributed by atoms with Crippen molar-refractivity contribution < 1.29 is 9.13 Å². The van der Waals surface area contributed by atoms with Crippen molar-refractivity contribution in [2.45, 2.75) is 32.9 Å². The van der Waals surface area contributed by atoms with Gasteiger partial charge in [0.2, 0.25) is 0 Å². The number of hydrogen-bond donors (Lipinski definition) is 3. The SMILES string of the molecule is CCn1ccc2c1-c1cnc(N)c(c1)OC(C)c1cc(F)ccc1C(=N)/C(=N\NC)C2. The van der Waals surface area contributed by atoms with Crippen molar-refractivity contribution in [3.63, 3.8) is 0 Å². The van der Waals surface area contributed by atoms with Crippen molar-refractivity contribution in [3.05, 3.63) is 65.2 Å². The van der Waals surface area contributed by atoms with Gasteiger partial charge < -0.3 is 20.5 Å². The monoisotopic (exact) mass is 420 g/mol. The second-order valence-electron chi connectivity index (χ2n) is 7.41. The predicted molar refractivity (Wildman–Crippen MR) is 120 cm³/mol. The lowest BCUT2D eigenvalue weighted by atomic mass is 9.93. The van der Waals surface area contributed by atoms with Crippen LogP contribution >= 0.6 is 0 Å². The third-order valence-corrected chi connectivity index (χ3v) is 5.46. The smallest absolute Gasteiger partial charge is 0.166 e. The number of halogens is 1. The van der Waals surface area contributed by atoms with Crippen LogP contribution in [0.2, 0.25) is 0 Å². The van der Waals surface area contributed by atoms with Gasteiger partial charge in [-0.2, -0.15) is 5.10 Å². The number of rotatable bonds is 2. The molecule has 7 nitrogen and oxygen atoms in total. The molecule has 0 fully saturated rings. The molecule has 2 bridgehead atoms. The van der Waals surface area contributed by atoms with E-state index in [1.165, 1.54) is 12.1 Å². The number of anilines is 1. The molecule has 4 N–H and O–H groups in total. The largest absolute Gasteiger partial charge is 0.482 e. The highest BCUT2D eigenvalue weighted by atomic mass is 19.1. The van der Waals surface area contributed by atoms with Crippen LogP contribution in [-0.2, 0) is 13.0 Å². The van der Waals surface area contributed by atoms with Crippen molar-refractivity contribution in [1.29, 1.82) is 5.41 Å². The Morgan fingerprint density at radius 3 is 2.90 bits per heavy atom. The van der Waals surface area contributed by atoms with E-state index in [0.717, 1.165) is 23.4 Å². The summed E-state index contributed by atoms with van der Waals surface area (Å²) in [5.74, 6) is 0.281. The lowest BCUT2D eigenvalue weighted by Gasteiger charge is -2.22. The minimum atomic E-state index is -0.557. The fourth-order valence-electron chi connectivity index (χ4n) is 3.96. The first-order valence-electron chi connectivity index (χ1n) is 10.2. The van der Waals surface area contributed by atoms with Crippen molar-refractivity contribution in [1.82, 2.24) is 15.0 Å². The van der Waals surface area contributed by atoms with E-state index in [2.05, 4.69) is 27.0 Å². The van der Waals surface area contributed by atoms with Gasteiger partial charge in [0.05, 0.1) is 17.1 Å². The summed E-state index contributed by atoms with van der Waals surface area (Å²) in [5.41, 5.74) is 13.6. The van der Waals surface area contributed by atoms with Crippen LogP contribution < -0.4 is 15.9 Å². The summed E-state index contributed by atoms with van der Waals surface area (Å²) in [6, 6.07) is 8.22. The molecule has 4 rings (SSSR count). The number of nitrogens with zero attached hydrogens (tertiary/aromatic N) is 3. The van der Waals surface area contributed by atoms with E-state index in [9.17, 15) is 4.39 Å². The van der Waals surface area contributed by atoms with E-state index in [4.69, 9.17) is 15.9 Å². The molecule has 0 aliphatic carbocycles. The number of pyridine rings is 1. The zero-order valence-electron chi connectivity index (χ0n) is 17.7. The molecule has 2 aromatic heterocycles. The molecular weight excluding hydrogens is 395 g/mol. The Labute approximate surface area is 180 Å². The number of nitrogen functional groups attached to an aromatic ring is 1. The van der Waals surface area contributed by atoms with E-state index in [0.29, 0.717) is 29.0 Å². The molecule has 1 aliphatic rings. The molecule has 3 aromatic rings. The average Bonchev–Trinajstić information content (AvgIpc) is 3.16. The van der Waals surface area contributed by atoms with Crippen molar-refractivity contribution in [2.24, 2.45) is 5.10 Å². The van der Waals surface area contributed by atoms with E-state index >= 15 is 0 Å². The van der Waals surface area contributed by atoms with Crippen LogP contribution in [0.4, 0.5) is 10.2 Å². The molecule has 0 amide bonds. The first kappa shape index (κ1) is 20.6. The number of benzene rings is 1. The third-order valence-electron chi connectivity index (χ3n) is 5.46. The van der Waals surface area contributed by atoms with E-state index in [-0.39, 0.29) is 11.5 Å². The number of ether oxygens (including phenoxy) is 1. The number of hydrogen-bond acceptors (Lipinski definition) is 6. The highest BCUT2D eigenvalue weighted by molar-refractivity contribution is 6.47. The Balaban J connectivity index is 1.99. The van der Waals surface area contributed by atoms with Gasteiger partial charge in [-0.1, -0.05) is 0 Å². The lowest BCUT2D eigenvalue weighted by Crippen LogP contribution is -2.23. The molecule has 1 atom stereocenters. The molecule has 1 aliphatic heterocycles. The Morgan fingerprint density at radius 2 is 2.16 bits per heavy atom. The predicted octanol–water partition coefficient (Wildman–Crippen LogP) is 3.93. The van der Waals surface area contributed by atoms with Gasteiger partial charge >= 0.3 is 0 Å². The standard InChI is InChI=1S/C23H25FN6O/c1-4-30-8-7-14-9-19(29-27-3)21(25)17-6-5-16(24)11-18(17)13(2)31-20-10-15(22(14)30)12-28-23(20)26/h5-8,10-13,25,27H,4,9H2,1-3H3,(H2,26,28)/b25-21?,29-19-. The summed E-state index contributed by atoms with van der Waals surface area (Å²) in [5, 5.41) is 13.3. The summed E-state index contributed by atoms with van der Waals surface area (Å²) in [6.07, 6.45) is 3.59. The molecule has 1 unspecified atom stereocenters.